The van der Waals surface area contributed by atoms with Crippen LogP contribution in [-0.2, 0) is 11.2 Å². The fourth-order valence-corrected chi connectivity index (χ4v) is 2.11. The topological polar surface area (TPSA) is 49.3 Å². The first-order chi connectivity index (χ1) is 8.18. The second-order valence-electron chi connectivity index (χ2n) is 4.45. The molecule has 3 nitrogen and oxygen atoms in total. The molecule has 17 heavy (non-hydrogen) atoms. The minimum Gasteiger partial charge on any atom is -0.478 e. The lowest BCUT2D eigenvalue weighted by Gasteiger charge is -2.30. The Kier molecular flexibility index (Phi) is 3.59. The summed E-state index contributed by atoms with van der Waals surface area (Å²) in [5.41, 5.74) is 3.27. The predicted octanol–water partition coefficient (Wildman–Crippen LogP) is 1.95. The summed E-state index contributed by atoms with van der Waals surface area (Å²) in [6, 6.07) is 8.48. The Labute approximate surface area is 101 Å². The van der Waals surface area contributed by atoms with Crippen molar-refractivity contribution in [1.29, 1.82) is 0 Å². The van der Waals surface area contributed by atoms with E-state index in [1.54, 1.807) is 13.0 Å². The van der Waals surface area contributed by atoms with Crippen LogP contribution in [0.15, 0.2) is 35.9 Å². The standard InChI is InChI=1S/C14H17NO2/c1-10(14(16)17)6-7-15-9-12-8-11-4-2-3-5-13(11)12/h2-6,12,15H,7-9H2,1H3,(H,16,17)/b10-6-. The number of carbonyl (C=O) groups is 1. The zero-order valence-electron chi connectivity index (χ0n) is 9.94. The summed E-state index contributed by atoms with van der Waals surface area (Å²) in [4.78, 5) is 10.6. The maximum atomic E-state index is 10.6. The van der Waals surface area contributed by atoms with Gasteiger partial charge in [-0.05, 0) is 24.5 Å². The molecular weight excluding hydrogens is 214 g/mol. The second kappa shape index (κ2) is 5.15. The van der Waals surface area contributed by atoms with Crippen molar-refractivity contribution in [2.45, 2.75) is 19.3 Å². The normalized spacial score (nSPS) is 18.4. The van der Waals surface area contributed by atoms with Crippen LogP contribution in [0.5, 0.6) is 0 Å². The van der Waals surface area contributed by atoms with E-state index in [4.69, 9.17) is 5.11 Å². The molecule has 0 fully saturated rings. The molecule has 0 aliphatic heterocycles. The Morgan fingerprint density at radius 3 is 3.00 bits per heavy atom. The highest BCUT2D eigenvalue weighted by atomic mass is 16.4. The molecule has 0 saturated heterocycles. The van der Waals surface area contributed by atoms with E-state index in [9.17, 15) is 4.79 Å². The van der Waals surface area contributed by atoms with Crippen LogP contribution >= 0.6 is 0 Å². The molecule has 0 heterocycles. The molecule has 2 N–H and O–H groups in total. The van der Waals surface area contributed by atoms with Gasteiger partial charge in [0, 0.05) is 24.6 Å². The van der Waals surface area contributed by atoms with Crippen LogP contribution in [-0.4, -0.2) is 24.2 Å². The van der Waals surface area contributed by atoms with Gasteiger partial charge >= 0.3 is 5.97 Å². The average molecular weight is 231 g/mol. The highest BCUT2D eigenvalue weighted by Gasteiger charge is 2.24. The van der Waals surface area contributed by atoms with Gasteiger partial charge in [-0.1, -0.05) is 30.3 Å². The zero-order chi connectivity index (χ0) is 12.3. The van der Waals surface area contributed by atoms with Crippen molar-refractivity contribution in [3.8, 4) is 0 Å². The largest absolute Gasteiger partial charge is 0.478 e. The first kappa shape index (κ1) is 11.9. The van der Waals surface area contributed by atoms with Gasteiger partial charge in [0.15, 0.2) is 0 Å². The summed E-state index contributed by atoms with van der Waals surface area (Å²) in [6.07, 6.45) is 2.84. The monoisotopic (exact) mass is 231 g/mol. The summed E-state index contributed by atoms with van der Waals surface area (Å²) >= 11 is 0. The lowest BCUT2D eigenvalue weighted by Crippen LogP contribution is -2.29. The van der Waals surface area contributed by atoms with Crippen molar-refractivity contribution in [3.63, 3.8) is 0 Å². The number of carboxylic acid groups (broad SMARTS) is 1. The van der Waals surface area contributed by atoms with Gasteiger partial charge in [-0.15, -0.1) is 0 Å². The molecule has 1 aromatic carbocycles. The SMILES string of the molecule is C/C(=C/CNCC1Cc2ccccc21)C(=O)O. The summed E-state index contributed by atoms with van der Waals surface area (Å²) in [6.45, 7) is 3.15. The average Bonchev–Trinajstić information content (AvgIpc) is 2.29. The minimum absolute atomic E-state index is 0.395. The van der Waals surface area contributed by atoms with Gasteiger partial charge in [0.2, 0.25) is 0 Å². The van der Waals surface area contributed by atoms with E-state index in [0.29, 0.717) is 18.0 Å². The second-order valence-corrected chi connectivity index (χ2v) is 4.45. The number of fused-ring (bicyclic) bond motifs is 1. The van der Waals surface area contributed by atoms with Gasteiger partial charge in [-0.3, -0.25) is 0 Å². The Hall–Kier alpha value is -1.61. The summed E-state index contributed by atoms with van der Waals surface area (Å²) in [5, 5.41) is 12.0. The maximum absolute atomic E-state index is 10.6. The molecular formula is C14H17NO2. The number of aliphatic carboxylic acids is 1. The van der Waals surface area contributed by atoms with Crippen LogP contribution < -0.4 is 5.32 Å². The van der Waals surface area contributed by atoms with Crippen molar-refractivity contribution in [1.82, 2.24) is 5.32 Å². The van der Waals surface area contributed by atoms with E-state index >= 15 is 0 Å². The molecule has 90 valence electrons. The number of benzene rings is 1. The van der Waals surface area contributed by atoms with E-state index in [2.05, 4.69) is 29.6 Å². The first-order valence-electron chi connectivity index (χ1n) is 5.87. The molecule has 1 aliphatic carbocycles. The highest BCUT2D eigenvalue weighted by molar-refractivity contribution is 5.85. The van der Waals surface area contributed by atoms with Crippen LogP contribution in [0.1, 0.15) is 24.0 Å². The molecule has 1 aromatic rings. The Bertz CT molecular complexity index is 451. The van der Waals surface area contributed by atoms with E-state index in [1.807, 2.05) is 0 Å². The fraction of sp³-hybridized carbons (Fsp3) is 0.357. The van der Waals surface area contributed by atoms with Gasteiger partial charge in [0.25, 0.3) is 0 Å². The molecule has 0 radical (unpaired) electrons. The van der Waals surface area contributed by atoms with Gasteiger partial charge in [-0.2, -0.15) is 0 Å². The van der Waals surface area contributed by atoms with Gasteiger partial charge in [0.1, 0.15) is 0 Å². The van der Waals surface area contributed by atoms with Crippen molar-refractivity contribution < 1.29 is 9.90 Å². The van der Waals surface area contributed by atoms with Crippen molar-refractivity contribution >= 4 is 5.97 Å². The van der Waals surface area contributed by atoms with Crippen LogP contribution in [0.3, 0.4) is 0 Å². The number of hydrogen-bond acceptors (Lipinski definition) is 2. The van der Waals surface area contributed by atoms with E-state index in [-0.39, 0.29) is 0 Å². The molecule has 0 spiro atoms. The summed E-state index contributed by atoms with van der Waals surface area (Å²) < 4.78 is 0. The Morgan fingerprint density at radius 2 is 2.29 bits per heavy atom. The fourth-order valence-electron chi connectivity index (χ4n) is 2.11. The number of rotatable bonds is 5. The van der Waals surface area contributed by atoms with E-state index in [0.717, 1.165) is 13.0 Å². The van der Waals surface area contributed by atoms with Gasteiger partial charge in [0.05, 0.1) is 0 Å². The van der Waals surface area contributed by atoms with Gasteiger partial charge < -0.3 is 10.4 Å². The highest BCUT2D eigenvalue weighted by Crippen LogP contribution is 2.33. The Balaban J connectivity index is 1.75. The third-order valence-corrected chi connectivity index (χ3v) is 3.24. The van der Waals surface area contributed by atoms with Crippen molar-refractivity contribution in [3.05, 3.63) is 47.0 Å². The van der Waals surface area contributed by atoms with E-state index in [1.165, 1.54) is 11.1 Å². The minimum atomic E-state index is -0.846. The lowest BCUT2D eigenvalue weighted by molar-refractivity contribution is -0.132. The quantitative estimate of drug-likeness (QED) is 0.601. The van der Waals surface area contributed by atoms with E-state index < -0.39 is 5.97 Å². The molecule has 3 heteroatoms. The molecule has 2 rings (SSSR count). The predicted molar refractivity (Wildman–Crippen MR) is 67.1 cm³/mol. The van der Waals surface area contributed by atoms with Gasteiger partial charge in [-0.25, -0.2) is 4.79 Å². The Morgan fingerprint density at radius 1 is 1.53 bits per heavy atom. The first-order valence-corrected chi connectivity index (χ1v) is 5.87. The summed E-state index contributed by atoms with van der Waals surface area (Å²) in [7, 11) is 0. The number of nitrogens with one attached hydrogen (secondary N) is 1. The molecule has 1 atom stereocenters. The van der Waals surface area contributed by atoms with Crippen LogP contribution in [0.2, 0.25) is 0 Å². The van der Waals surface area contributed by atoms with Crippen molar-refractivity contribution in [2.75, 3.05) is 13.1 Å². The van der Waals surface area contributed by atoms with Crippen LogP contribution in [0.4, 0.5) is 0 Å². The zero-order valence-corrected chi connectivity index (χ0v) is 9.94. The molecule has 0 bridgehead atoms. The molecule has 0 aromatic heterocycles. The maximum Gasteiger partial charge on any atom is 0.330 e. The van der Waals surface area contributed by atoms with Crippen molar-refractivity contribution in [2.24, 2.45) is 0 Å². The lowest BCUT2D eigenvalue weighted by atomic mass is 9.77. The molecule has 1 unspecified atom stereocenters. The number of carboxylic acids is 1. The third kappa shape index (κ3) is 2.74. The summed E-state index contributed by atoms with van der Waals surface area (Å²) in [5.74, 6) is -0.259. The smallest absolute Gasteiger partial charge is 0.330 e. The van der Waals surface area contributed by atoms with Crippen LogP contribution in [0, 0.1) is 0 Å². The third-order valence-electron chi connectivity index (χ3n) is 3.24. The van der Waals surface area contributed by atoms with Crippen LogP contribution in [0.25, 0.3) is 0 Å². The molecule has 0 saturated carbocycles. The molecule has 0 amide bonds. The molecule has 1 aliphatic rings. The number of hydrogen-bond donors (Lipinski definition) is 2.